The van der Waals surface area contributed by atoms with Gasteiger partial charge >= 0.3 is 0 Å². The molecule has 1 atom stereocenters. The van der Waals surface area contributed by atoms with E-state index in [1.54, 1.807) is 12.1 Å². The van der Waals surface area contributed by atoms with Crippen molar-refractivity contribution in [3.05, 3.63) is 34.1 Å². The molecule has 0 bridgehead atoms. The van der Waals surface area contributed by atoms with Crippen LogP contribution in [0.25, 0.3) is 0 Å². The first kappa shape index (κ1) is 12.6. The number of hydrogen-bond acceptors (Lipinski definition) is 2. The Kier molecular flexibility index (Phi) is 3.20. The smallest absolute Gasteiger partial charge is 0.137 e. The summed E-state index contributed by atoms with van der Waals surface area (Å²) in [5, 5.41) is 10.6. The fourth-order valence-corrected chi connectivity index (χ4v) is 3.24. The second-order valence-electron chi connectivity index (χ2n) is 5.60. The third kappa shape index (κ3) is 2.60. The van der Waals surface area contributed by atoms with Crippen LogP contribution in [0.4, 0.5) is 4.39 Å². The summed E-state index contributed by atoms with van der Waals surface area (Å²) in [5.74, 6) is -0.253. The summed E-state index contributed by atoms with van der Waals surface area (Å²) < 4.78 is 13.6. The van der Waals surface area contributed by atoms with E-state index in [9.17, 15) is 9.50 Å². The Morgan fingerprint density at radius 3 is 2.89 bits per heavy atom. The zero-order chi connectivity index (χ0) is 12.8. The summed E-state index contributed by atoms with van der Waals surface area (Å²) in [5.41, 5.74) is 0.350. The summed E-state index contributed by atoms with van der Waals surface area (Å²) in [4.78, 5) is 2.39. The highest BCUT2D eigenvalue weighted by molar-refractivity contribution is 9.10. The van der Waals surface area contributed by atoms with Gasteiger partial charge in [-0.2, -0.15) is 0 Å². The lowest BCUT2D eigenvalue weighted by Gasteiger charge is -2.23. The average Bonchev–Trinajstić information content (AvgIpc) is 3.09. The van der Waals surface area contributed by atoms with Gasteiger partial charge in [-0.1, -0.05) is 6.07 Å². The number of β-amino-alcohol motifs (C(OH)–C–C–N with tert-alkyl or cyclic N) is 1. The number of hydrogen-bond donors (Lipinski definition) is 1. The van der Waals surface area contributed by atoms with Crippen LogP contribution in [0.5, 0.6) is 0 Å². The van der Waals surface area contributed by atoms with Crippen molar-refractivity contribution in [3.8, 4) is 0 Å². The van der Waals surface area contributed by atoms with Crippen LogP contribution in [-0.4, -0.2) is 34.7 Å². The van der Waals surface area contributed by atoms with E-state index in [1.165, 1.54) is 18.9 Å². The van der Waals surface area contributed by atoms with E-state index < -0.39 is 5.60 Å². The van der Waals surface area contributed by atoms with Gasteiger partial charge < -0.3 is 5.11 Å². The Morgan fingerprint density at radius 1 is 1.44 bits per heavy atom. The molecule has 0 radical (unpaired) electrons. The predicted molar refractivity (Wildman–Crippen MR) is 72.0 cm³/mol. The van der Waals surface area contributed by atoms with Gasteiger partial charge in [0, 0.05) is 25.6 Å². The first-order chi connectivity index (χ1) is 8.56. The lowest BCUT2D eigenvalue weighted by atomic mass is 9.94. The summed E-state index contributed by atoms with van der Waals surface area (Å²) in [6.45, 7) is 1.75. The first-order valence-corrected chi connectivity index (χ1v) is 7.25. The second-order valence-corrected chi connectivity index (χ2v) is 6.46. The van der Waals surface area contributed by atoms with Crippen LogP contribution >= 0.6 is 15.9 Å². The highest BCUT2D eigenvalue weighted by atomic mass is 79.9. The molecule has 0 amide bonds. The lowest BCUT2D eigenvalue weighted by Crippen LogP contribution is -2.36. The molecule has 1 aromatic rings. The molecule has 18 heavy (non-hydrogen) atoms. The second kappa shape index (κ2) is 4.58. The summed E-state index contributed by atoms with van der Waals surface area (Å²) in [6, 6.07) is 5.69. The normalized spacial score (nSPS) is 28.8. The Balaban J connectivity index is 1.69. The van der Waals surface area contributed by atoms with Crippen LogP contribution in [0.3, 0.4) is 0 Å². The van der Waals surface area contributed by atoms with E-state index in [2.05, 4.69) is 20.8 Å². The van der Waals surface area contributed by atoms with Crippen molar-refractivity contribution < 1.29 is 9.50 Å². The maximum Gasteiger partial charge on any atom is 0.137 e. The molecule has 0 aromatic heterocycles. The highest BCUT2D eigenvalue weighted by Gasteiger charge is 2.41. The molecule has 1 heterocycles. The van der Waals surface area contributed by atoms with Crippen LogP contribution in [0.15, 0.2) is 22.7 Å². The van der Waals surface area contributed by atoms with Crippen LogP contribution in [0.1, 0.15) is 24.8 Å². The average molecular weight is 314 g/mol. The summed E-state index contributed by atoms with van der Waals surface area (Å²) in [6.07, 6.45) is 3.98. The SMILES string of the molecule is OC1(Cc2ccc(F)c(Br)c2)CCN(C2CC2)C1. The Bertz CT molecular complexity index is 463. The number of likely N-dealkylation sites (tertiary alicyclic amines) is 1. The minimum Gasteiger partial charge on any atom is -0.388 e. The zero-order valence-corrected chi connectivity index (χ0v) is 11.8. The van der Waals surface area contributed by atoms with E-state index >= 15 is 0 Å². The minimum absolute atomic E-state index is 0.253. The molecule has 1 aromatic carbocycles. The van der Waals surface area contributed by atoms with Gasteiger partial charge in [0.05, 0.1) is 10.1 Å². The van der Waals surface area contributed by atoms with Crippen LogP contribution in [0, 0.1) is 5.82 Å². The Hall–Kier alpha value is -0.450. The van der Waals surface area contributed by atoms with E-state index in [0.717, 1.165) is 25.1 Å². The van der Waals surface area contributed by atoms with Gasteiger partial charge in [-0.05, 0) is 52.9 Å². The molecule has 1 saturated carbocycles. The van der Waals surface area contributed by atoms with Crippen molar-refractivity contribution in [3.63, 3.8) is 0 Å². The molecular formula is C14H17BrFNO. The van der Waals surface area contributed by atoms with Gasteiger partial charge in [-0.15, -0.1) is 0 Å². The molecule has 1 N–H and O–H groups in total. The maximum absolute atomic E-state index is 13.2. The van der Waals surface area contributed by atoms with Crippen LogP contribution < -0.4 is 0 Å². The van der Waals surface area contributed by atoms with Crippen LogP contribution in [0.2, 0.25) is 0 Å². The van der Waals surface area contributed by atoms with Gasteiger partial charge in [0.2, 0.25) is 0 Å². The van der Waals surface area contributed by atoms with Gasteiger partial charge in [0.1, 0.15) is 5.82 Å². The van der Waals surface area contributed by atoms with Crippen LogP contribution in [-0.2, 0) is 6.42 Å². The number of rotatable bonds is 3. The standard InChI is InChI=1S/C14H17BrFNO/c15-12-7-10(1-4-13(12)16)8-14(18)5-6-17(9-14)11-2-3-11/h1,4,7,11,18H,2-3,5-6,8-9H2. The van der Waals surface area contributed by atoms with E-state index in [4.69, 9.17) is 0 Å². The molecule has 3 rings (SSSR count). The minimum atomic E-state index is -0.639. The van der Waals surface area contributed by atoms with Crippen molar-refractivity contribution in [2.24, 2.45) is 0 Å². The number of nitrogens with zero attached hydrogens (tertiary/aromatic N) is 1. The quantitative estimate of drug-likeness (QED) is 0.927. The fraction of sp³-hybridized carbons (Fsp3) is 0.571. The van der Waals surface area contributed by atoms with Crippen molar-refractivity contribution in [1.82, 2.24) is 4.90 Å². The van der Waals surface area contributed by atoms with E-state index in [-0.39, 0.29) is 5.82 Å². The molecule has 1 saturated heterocycles. The first-order valence-electron chi connectivity index (χ1n) is 6.46. The molecule has 2 fully saturated rings. The Morgan fingerprint density at radius 2 is 2.22 bits per heavy atom. The topological polar surface area (TPSA) is 23.5 Å². The van der Waals surface area contributed by atoms with Crippen molar-refractivity contribution in [1.29, 1.82) is 0 Å². The highest BCUT2D eigenvalue weighted by Crippen LogP contribution is 2.35. The lowest BCUT2D eigenvalue weighted by molar-refractivity contribution is 0.0487. The van der Waals surface area contributed by atoms with Crippen molar-refractivity contribution in [2.75, 3.05) is 13.1 Å². The fourth-order valence-electron chi connectivity index (χ4n) is 2.81. The molecule has 1 aliphatic heterocycles. The monoisotopic (exact) mass is 313 g/mol. The molecule has 98 valence electrons. The Labute approximate surface area is 115 Å². The van der Waals surface area contributed by atoms with E-state index in [1.807, 2.05) is 0 Å². The number of halogens is 2. The third-order valence-corrected chi connectivity index (χ3v) is 4.55. The van der Waals surface area contributed by atoms with Gasteiger partial charge in [0.15, 0.2) is 0 Å². The number of benzene rings is 1. The largest absolute Gasteiger partial charge is 0.388 e. The molecule has 2 aliphatic rings. The zero-order valence-electron chi connectivity index (χ0n) is 10.2. The van der Waals surface area contributed by atoms with E-state index in [0.29, 0.717) is 16.9 Å². The third-order valence-electron chi connectivity index (χ3n) is 3.94. The summed E-state index contributed by atoms with van der Waals surface area (Å²) in [7, 11) is 0. The van der Waals surface area contributed by atoms with Gasteiger partial charge in [-0.25, -0.2) is 4.39 Å². The molecule has 1 unspecified atom stereocenters. The van der Waals surface area contributed by atoms with Crippen molar-refractivity contribution in [2.45, 2.75) is 37.3 Å². The van der Waals surface area contributed by atoms with Crippen molar-refractivity contribution >= 4 is 15.9 Å². The predicted octanol–water partition coefficient (Wildman–Crippen LogP) is 2.73. The molecule has 1 aliphatic carbocycles. The molecular weight excluding hydrogens is 297 g/mol. The number of aliphatic hydroxyl groups is 1. The van der Waals surface area contributed by atoms with Gasteiger partial charge in [-0.3, -0.25) is 4.90 Å². The molecule has 2 nitrogen and oxygen atoms in total. The molecule has 4 heteroatoms. The molecule has 0 spiro atoms. The van der Waals surface area contributed by atoms with Gasteiger partial charge in [0.25, 0.3) is 0 Å². The maximum atomic E-state index is 13.2. The summed E-state index contributed by atoms with van der Waals surface area (Å²) >= 11 is 3.19.